The summed E-state index contributed by atoms with van der Waals surface area (Å²) < 4.78 is 11.8. The third-order valence-electron chi connectivity index (χ3n) is 5.83. The zero-order valence-corrected chi connectivity index (χ0v) is 15.8. The summed E-state index contributed by atoms with van der Waals surface area (Å²) >= 11 is 0. The quantitative estimate of drug-likeness (QED) is 0.640. The molecule has 0 N–H and O–H groups in total. The second-order valence-corrected chi connectivity index (χ2v) is 7.81. The van der Waals surface area contributed by atoms with Crippen LogP contribution in [0.2, 0.25) is 0 Å². The van der Waals surface area contributed by atoms with Gasteiger partial charge in [0, 0.05) is 35.2 Å². The Morgan fingerprint density at radius 3 is 2.67 bits per heavy atom. The minimum Gasteiger partial charge on any atom is -0.477 e. The maximum Gasteiger partial charge on any atom is 0.339 e. The first-order valence-corrected chi connectivity index (χ1v) is 9.62. The number of nitrogens with zero attached hydrogens (tertiary/aromatic N) is 1. The summed E-state index contributed by atoms with van der Waals surface area (Å²) in [6.07, 6.45) is 2.83. The Hall–Kier alpha value is -2.59. The van der Waals surface area contributed by atoms with E-state index in [0.717, 1.165) is 54.6 Å². The van der Waals surface area contributed by atoms with E-state index in [9.17, 15) is 4.79 Å². The monoisotopic (exact) mass is 361 g/mol. The number of benzene rings is 2. The topological polar surface area (TPSA) is 42.7 Å². The molecule has 138 valence electrons. The van der Waals surface area contributed by atoms with Crippen LogP contribution in [0, 0.1) is 13.8 Å². The Bertz CT molecular complexity index is 1100. The van der Waals surface area contributed by atoms with Crippen LogP contribution >= 0.6 is 0 Å². The zero-order chi connectivity index (χ0) is 18.5. The van der Waals surface area contributed by atoms with Crippen LogP contribution in [-0.4, -0.2) is 11.6 Å². The van der Waals surface area contributed by atoms with E-state index in [1.54, 1.807) is 0 Å². The van der Waals surface area contributed by atoms with Gasteiger partial charge in [0.2, 0.25) is 0 Å². The lowest BCUT2D eigenvalue weighted by Crippen LogP contribution is -2.32. The number of fused-ring (bicyclic) bond motifs is 4. The lowest BCUT2D eigenvalue weighted by Gasteiger charge is -2.30. The second kappa shape index (κ2) is 6.24. The average Bonchev–Trinajstić information content (AvgIpc) is 3.16. The predicted molar refractivity (Wildman–Crippen MR) is 105 cm³/mol. The minimum absolute atomic E-state index is 0.171. The van der Waals surface area contributed by atoms with Crippen molar-refractivity contribution in [3.05, 3.63) is 74.1 Å². The molecule has 27 heavy (non-hydrogen) atoms. The number of rotatable bonds is 2. The van der Waals surface area contributed by atoms with E-state index in [-0.39, 0.29) is 5.63 Å². The van der Waals surface area contributed by atoms with E-state index in [2.05, 4.69) is 42.2 Å². The van der Waals surface area contributed by atoms with Crippen molar-refractivity contribution < 1.29 is 9.15 Å². The van der Waals surface area contributed by atoms with Crippen LogP contribution in [0.4, 0.5) is 0 Å². The smallest absolute Gasteiger partial charge is 0.339 e. The summed E-state index contributed by atoms with van der Waals surface area (Å²) in [4.78, 5) is 14.6. The largest absolute Gasteiger partial charge is 0.477 e. The summed E-state index contributed by atoms with van der Waals surface area (Å²) in [7, 11) is 0. The number of hydrogen-bond acceptors (Lipinski definition) is 4. The molecule has 4 heteroatoms. The van der Waals surface area contributed by atoms with E-state index in [4.69, 9.17) is 9.15 Å². The summed E-state index contributed by atoms with van der Waals surface area (Å²) in [5, 5.41) is 1.10. The average molecular weight is 361 g/mol. The minimum atomic E-state index is -0.171. The molecule has 2 aliphatic rings. The van der Waals surface area contributed by atoms with E-state index in [0.29, 0.717) is 12.3 Å². The molecule has 0 radical (unpaired) electrons. The first kappa shape index (κ1) is 16.6. The Morgan fingerprint density at radius 1 is 1.07 bits per heavy atom. The molecule has 0 saturated carbocycles. The SMILES string of the molecule is Cc1ccc(CN2COc3c(cc4c5c(c(=O)oc4c3C)CCC5)C2)cc1. The van der Waals surface area contributed by atoms with E-state index < -0.39 is 0 Å². The fourth-order valence-electron chi connectivity index (χ4n) is 4.44. The third kappa shape index (κ3) is 2.76. The molecule has 4 nitrogen and oxygen atoms in total. The summed E-state index contributed by atoms with van der Waals surface area (Å²) in [6.45, 7) is 6.35. The summed E-state index contributed by atoms with van der Waals surface area (Å²) in [5.41, 5.74) is 7.28. The molecule has 0 saturated heterocycles. The maximum absolute atomic E-state index is 12.3. The van der Waals surface area contributed by atoms with Gasteiger partial charge in [-0.2, -0.15) is 0 Å². The summed E-state index contributed by atoms with van der Waals surface area (Å²) in [5.74, 6) is 0.878. The molecule has 2 heterocycles. The van der Waals surface area contributed by atoms with Crippen molar-refractivity contribution in [1.29, 1.82) is 0 Å². The number of hydrogen-bond donors (Lipinski definition) is 0. The molecule has 0 unspecified atom stereocenters. The Morgan fingerprint density at radius 2 is 1.85 bits per heavy atom. The van der Waals surface area contributed by atoms with Gasteiger partial charge in [-0.15, -0.1) is 0 Å². The molecule has 0 fully saturated rings. The summed E-state index contributed by atoms with van der Waals surface area (Å²) in [6, 6.07) is 10.8. The molecule has 0 spiro atoms. The van der Waals surface area contributed by atoms with Gasteiger partial charge in [-0.25, -0.2) is 4.79 Å². The molecule has 0 atom stereocenters. The highest BCUT2D eigenvalue weighted by molar-refractivity contribution is 5.87. The fraction of sp³-hybridized carbons (Fsp3) is 0.348. The van der Waals surface area contributed by atoms with Crippen molar-refractivity contribution >= 4 is 11.0 Å². The van der Waals surface area contributed by atoms with Gasteiger partial charge in [0.15, 0.2) is 0 Å². The van der Waals surface area contributed by atoms with Gasteiger partial charge >= 0.3 is 5.63 Å². The van der Waals surface area contributed by atoms with Crippen LogP contribution in [0.1, 0.15) is 39.8 Å². The molecule has 1 aliphatic heterocycles. The highest BCUT2D eigenvalue weighted by Gasteiger charge is 2.26. The van der Waals surface area contributed by atoms with Gasteiger partial charge in [-0.3, -0.25) is 4.90 Å². The third-order valence-corrected chi connectivity index (χ3v) is 5.83. The Labute approximate surface area is 158 Å². The van der Waals surface area contributed by atoms with Crippen LogP contribution in [0.15, 0.2) is 39.5 Å². The van der Waals surface area contributed by atoms with Crippen LogP contribution in [-0.2, 0) is 25.9 Å². The van der Waals surface area contributed by atoms with Crippen LogP contribution in [0.25, 0.3) is 11.0 Å². The van der Waals surface area contributed by atoms with Gasteiger partial charge in [0.05, 0.1) is 0 Å². The van der Waals surface area contributed by atoms with Crippen molar-refractivity contribution in [3.8, 4) is 5.75 Å². The van der Waals surface area contributed by atoms with Crippen molar-refractivity contribution in [2.24, 2.45) is 0 Å². The zero-order valence-electron chi connectivity index (χ0n) is 15.8. The van der Waals surface area contributed by atoms with Crippen molar-refractivity contribution in [3.63, 3.8) is 0 Å². The number of aryl methyl sites for hydroxylation is 3. The Kier molecular flexibility index (Phi) is 3.83. The van der Waals surface area contributed by atoms with Crippen molar-refractivity contribution in [1.82, 2.24) is 4.90 Å². The highest BCUT2D eigenvalue weighted by atomic mass is 16.5. The van der Waals surface area contributed by atoms with E-state index in [1.165, 1.54) is 22.3 Å². The molecule has 0 amide bonds. The lowest BCUT2D eigenvalue weighted by molar-refractivity contribution is 0.0881. The lowest BCUT2D eigenvalue weighted by atomic mass is 9.99. The fourth-order valence-corrected chi connectivity index (χ4v) is 4.44. The van der Waals surface area contributed by atoms with E-state index in [1.807, 2.05) is 6.92 Å². The first-order valence-electron chi connectivity index (χ1n) is 9.62. The van der Waals surface area contributed by atoms with Gasteiger partial charge < -0.3 is 9.15 Å². The maximum atomic E-state index is 12.3. The van der Waals surface area contributed by atoms with Gasteiger partial charge in [0.1, 0.15) is 18.1 Å². The van der Waals surface area contributed by atoms with Crippen molar-refractivity contribution in [2.75, 3.05) is 6.73 Å². The van der Waals surface area contributed by atoms with E-state index >= 15 is 0 Å². The normalized spacial score (nSPS) is 16.2. The molecular formula is C23H23NO3. The number of ether oxygens (including phenoxy) is 1. The van der Waals surface area contributed by atoms with Gasteiger partial charge in [0.25, 0.3) is 0 Å². The van der Waals surface area contributed by atoms with Gasteiger partial charge in [-0.05, 0) is 50.3 Å². The molecule has 1 aromatic heterocycles. The molecule has 1 aliphatic carbocycles. The van der Waals surface area contributed by atoms with Gasteiger partial charge in [-0.1, -0.05) is 29.8 Å². The molecule has 2 aromatic carbocycles. The molecule has 0 bridgehead atoms. The first-order chi connectivity index (χ1) is 13.1. The molecule has 5 rings (SSSR count). The highest BCUT2D eigenvalue weighted by Crippen LogP contribution is 2.38. The van der Waals surface area contributed by atoms with Crippen LogP contribution < -0.4 is 10.4 Å². The molecular weight excluding hydrogens is 338 g/mol. The molecule has 3 aromatic rings. The van der Waals surface area contributed by atoms with Crippen LogP contribution in [0.3, 0.4) is 0 Å². The predicted octanol–water partition coefficient (Wildman–Crippen LogP) is 4.25. The second-order valence-electron chi connectivity index (χ2n) is 7.81. The van der Waals surface area contributed by atoms with Crippen LogP contribution in [0.5, 0.6) is 5.75 Å². The Balaban J connectivity index is 1.53. The van der Waals surface area contributed by atoms with Crippen molar-refractivity contribution in [2.45, 2.75) is 46.2 Å². The standard InChI is InChI=1S/C23H23NO3/c1-14-6-8-16(9-7-14)11-24-12-17-10-20-18-4-3-5-19(18)23(25)27-22(20)15(2)21(17)26-13-24/h6-10H,3-5,11-13H2,1-2H3.